The number of pyridine rings is 1. The standard InChI is InChI=1S/C14H16F3N3O2/c1-9(10-2-4-18-5-3-10)19-13(22)11-6-12(21)20(7-11)8-14(15,16)17/h2-5,9,11H,6-8H2,1H3,(H,19,22)/t9-,11+/m0/s1. The van der Waals surface area contributed by atoms with Crippen LogP contribution in [0.4, 0.5) is 13.2 Å². The lowest BCUT2D eigenvalue weighted by molar-refractivity contribution is -0.157. The molecular formula is C14H16F3N3O2. The number of carbonyl (C=O) groups excluding carboxylic acids is 2. The molecule has 0 aliphatic carbocycles. The van der Waals surface area contributed by atoms with Crippen molar-refractivity contribution in [3.05, 3.63) is 30.1 Å². The van der Waals surface area contributed by atoms with Gasteiger partial charge in [0.25, 0.3) is 0 Å². The minimum atomic E-state index is -4.45. The predicted octanol–water partition coefficient (Wildman–Crippen LogP) is 1.67. The van der Waals surface area contributed by atoms with E-state index in [1.807, 2.05) is 0 Å². The highest BCUT2D eigenvalue weighted by molar-refractivity contribution is 5.89. The Bertz CT molecular complexity index is 548. The molecule has 2 amide bonds. The molecule has 1 fully saturated rings. The van der Waals surface area contributed by atoms with Gasteiger partial charge in [-0.15, -0.1) is 0 Å². The van der Waals surface area contributed by atoms with E-state index in [9.17, 15) is 22.8 Å². The second-order valence-corrected chi connectivity index (χ2v) is 5.30. The van der Waals surface area contributed by atoms with Gasteiger partial charge in [-0.2, -0.15) is 13.2 Å². The number of hydrogen-bond donors (Lipinski definition) is 1. The second-order valence-electron chi connectivity index (χ2n) is 5.30. The summed E-state index contributed by atoms with van der Waals surface area (Å²) in [6.45, 7) is 0.250. The zero-order valence-electron chi connectivity index (χ0n) is 11.9. The zero-order chi connectivity index (χ0) is 16.3. The minimum Gasteiger partial charge on any atom is -0.349 e. The number of hydrogen-bond acceptors (Lipinski definition) is 3. The van der Waals surface area contributed by atoms with Crippen LogP contribution in [0, 0.1) is 5.92 Å². The molecule has 0 unspecified atom stereocenters. The predicted molar refractivity (Wildman–Crippen MR) is 71.5 cm³/mol. The molecule has 0 aromatic carbocycles. The van der Waals surface area contributed by atoms with E-state index in [0.717, 1.165) is 5.56 Å². The first kappa shape index (κ1) is 16.3. The molecule has 2 heterocycles. The van der Waals surface area contributed by atoms with Crippen LogP contribution in [-0.2, 0) is 9.59 Å². The molecule has 1 aromatic rings. The van der Waals surface area contributed by atoms with Crippen LogP contribution in [0.3, 0.4) is 0 Å². The van der Waals surface area contributed by atoms with Crippen LogP contribution in [0.5, 0.6) is 0 Å². The Hall–Kier alpha value is -2.12. The molecule has 1 aliphatic rings. The molecule has 0 bridgehead atoms. The lowest BCUT2D eigenvalue weighted by Gasteiger charge is -2.19. The van der Waals surface area contributed by atoms with Gasteiger partial charge in [0.15, 0.2) is 0 Å². The van der Waals surface area contributed by atoms with Crippen molar-refractivity contribution in [2.45, 2.75) is 25.6 Å². The van der Waals surface area contributed by atoms with E-state index >= 15 is 0 Å². The molecule has 5 nitrogen and oxygen atoms in total. The number of likely N-dealkylation sites (tertiary alicyclic amines) is 1. The van der Waals surface area contributed by atoms with Crippen molar-refractivity contribution in [2.24, 2.45) is 5.92 Å². The van der Waals surface area contributed by atoms with E-state index in [4.69, 9.17) is 0 Å². The lowest BCUT2D eigenvalue weighted by Crippen LogP contribution is -2.37. The smallest absolute Gasteiger partial charge is 0.349 e. The Kier molecular flexibility index (Phi) is 4.68. The fraction of sp³-hybridized carbons (Fsp3) is 0.500. The van der Waals surface area contributed by atoms with Crippen LogP contribution in [0.25, 0.3) is 0 Å². The van der Waals surface area contributed by atoms with Crippen molar-refractivity contribution >= 4 is 11.8 Å². The van der Waals surface area contributed by atoms with Gasteiger partial charge in [-0.25, -0.2) is 0 Å². The van der Waals surface area contributed by atoms with Gasteiger partial charge < -0.3 is 10.2 Å². The van der Waals surface area contributed by atoms with Crippen LogP contribution in [0.2, 0.25) is 0 Å². The van der Waals surface area contributed by atoms with Gasteiger partial charge in [-0.3, -0.25) is 14.6 Å². The molecule has 0 spiro atoms. The average molecular weight is 315 g/mol. The van der Waals surface area contributed by atoms with Gasteiger partial charge in [-0.05, 0) is 24.6 Å². The maximum absolute atomic E-state index is 12.3. The van der Waals surface area contributed by atoms with Gasteiger partial charge in [-0.1, -0.05) is 0 Å². The van der Waals surface area contributed by atoms with Gasteiger partial charge in [0.2, 0.25) is 11.8 Å². The summed E-state index contributed by atoms with van der Waals surface area (Å²) in [4.78, 5) is 28.2. The Morgan fingerprint density at radius 2 is 2.09 bits per heavy atom. The quantitative estimate of drug-likeness (QED) is 0.919. The largest absolute Gasteiger partial charge is 0.406 e. The summed E-state index contributed by atoms with van der Waals surface area (Å²) in [6.07, 6.45) is -1.47. The number of nitrogens with zero attached hydrogens (tertiary/aromatic N) is 2. The van der Waals surface area contributed by atoms with Crippen molar-refractivity contribution in [3.63, 3.8) is 0 Å². The van der Waals surface area contributed by atoms with Crippen LogP contribution in [0.15, 0.2) is 24.5 Å². The highest BCUT2D eigenvalue weighted by Crippen LogP contribution is 2.24. The van der Waals surface area contributed by atoms with Crippen molar-refractivity contribution in [3.8, 4) is 0 Å². The number of nitrogens with one attached hydrogen (secondary N) is 1. The van der Waals surface area contributed by atoms with Crippen LogP contribution < -0.4 is 5.32 Å². The Morgan fingerprint density at radius 1 is 1.45 bits per heavy atom. The first-order valence-corrected chi connectivity index (χ1v) is 6.81. The van der Waals surface area contributed by atoms with E-state index in [1.165, 1.54) is 0 Å². The third kappa shape index (κ3) is 4.19. The SMILES string of the molecule is C[C@H](NC(=O)[C@@H]1CC(=O)N(CC(F)(F)F)C1)c1ccncc1. The number of alkyl halides is 3. The van der Waals surface area contributed by atoms with E-state index in [-0.39, 0.29) is 19.0 Å². The summed E-state index contributed by atoms with van der Waals surface area (Å²) in [6, 6.07) is 3.17. The molecule has 1 aromatic heterocycles. The van der Waals surface area contributed by atoms with E-state index in [0.29, 0.717) is 4.90 Å². The van der Waals surface area contributed by atoms with Crippen LogP contribution in [-0.4, -0.2) is 41.0 Å². The normalized spacial score (nSPS) is 20.1. The van der Waals surface area contributed by atoms with Crippen molar-refractivity contribution in [2.75, 3.05) is 13.1 Å². The lowest BCUT2D eigenvalue weighted by atomic mass is 10.1. The summed E-state index contributed by atoms with van der Waals surface area (Å²) in [7, 11) is 0. The molecule has 2 rings (SSSR count). The summed E-state index contributed by atoms with van der Waals surface area (Å²) in [5, 5.41) is 2.72. The van der Waals surface area contributed by atoms with Crippen molar-refractivity contribution in [1.29, 1.82) is 0 Å². The Balaban J connectivity index is 1.93. The third-order valence-electron chi connectivity index (χ3n) is 3.52. The summed E-state index contributed by atoms with van der Waals surface area (Å²) in [5.74, 6) is -1.81. The third-order valence-corrected chi connectivity index (χ3v) is 3.52. The fourth-order valence-corrected chi connectivity index (χ4v) is 2.38. The number of carbonyl (C=O) groups is 2. The first-order valence-electron chi connectivity index (χ1n) is 6.81. The van der Waals surface area contributed by atoms with Gasteiger partial charge in [0, 0.05) is 25.4 Å². The summed E-state index contributed by atoms with van der Waals surface area (Å²) >= 11 is 0. The maximum atomic E-state index is 12.3. The zero-order valence-corrected chi connectivity index (χ0v) is 11.9. The van der Waals surface area contributed by atoms with Crippen LogP contribution >= 0.6 is 0 Å². The maximum Gasteiger partial charge on any atom is 0.406 e. The Labute approximate surface area is 125 Å². The molecule has 1 aliphatic heterocycles. The molecule has 1 N–H and O–H groups in total. The summed E-state index contributed by atoms with van der Waals surface area (Å²) < 4.78 is 37.0. The molecular weight excluding hydrogens is 299 g/mol. The monoisotopic (exact) mass is 315 g/mol. The van der Waals surface area contributed by atoms with Gasteiger partial charge in [0.05, 0.1) is 12.0 Å². The molecule has 2 atom stereocenters. The molecule has 22 heavy (non-hydrogen) atoms. The molecule has 0 saturated carbocycles. The van der Waals surface area contributed by atoms with E-state index in [1.54, 1.807) is 31.5 Å². The number of aromatic nitrogens is 1. The van der Waals surface area contributed by atoms with Gasteiger partial charge >= 0.3 is 6.18 Å². The fourth-order valence-electron chi connectivity index (χ4n) is 2.38. The molecule has 8 heteroatoms. The minimum absolute atomic E-state index is 0.190. The number of amides is 2. The molecule has 120 valence electrons. The number of halogens is 3. The second kappa shape index (κ2) is 6.33. The highest BCUT2D eigenvalue weighted by Gasteiger charge is 2.40. The van der Waals surface area contributed by atoms with Crippen molar-refractivity contribution in [1.82, 2.24) is 15.2 Å². The topological polar surface area (TPSA) is 62.3 Å². The molecule has 1 saturated heterocycles. The average Bonchev–Trinajstić information content (AvgIpc) is 2.79. The molecule has 0 radical (unpaired) electrons. The van der Waals surface area contributed by atoms with E-state index in [2.05, 4.69) is 10.3 Å². The van der Waals surface area contributed by atoms with Gasteiger partial charge in [0.1, 0.15) is 6.54 Å². The van der Waals surface area contributed by atoms with Crippen LogP contribution in [0.1, 0.15) is 24.9 Å². The summed E-state index contributed by atoms with van der Waals surface area (Å²) in [5.41, 5.74) is 0.833. The Morgan fingerprint density at radius 3 is 2.68 bits per heavy atom. The number of rotatable bonds is 4. The van der Waals surface area contributed by atoms with Crippen molar-refractivity contribution < 1.29 is 22.8 Å². The highest BCUT2D eigenvalue weighted by atomic mass is 19.4. The van der Waals surface area contributed by atoms with E-state index < -0.39 is 30.5 Å². The first-order chi connectivity index (χ1) is 10.3.